The molecule has 0 aliphatic heterocycles. The first-order valence-corrected chi connectivity index (χ1v) is 11.0. The van der Waals surface area contributed by atoms with Crippen LogP contribution in [0.25, 0.3) is 0 Å². The van der Waals surface area contributed by atoms with Crippen molar-refractivity contribution in [3.05, 3.63) is 97.1 Å². The van der Waals surface area contributed by atoms with Crippen LogP contribution in [0.5, 0.6) is 0 Å². The van der Waals surface area contributed by atoms with Crippen LogP contribution in [0.4, 0.5) is 0 Å². The molecule has 16 heteroatoms. The summed E-state index contributed by atoms with van der Waals surface area (Å²) >= 11 is 18.1. The Morgan fingerprint density at radius 1 is 0.425 bits per heavy atom. The van der Waals surface area contributed by atoms with Crippen LogP contribution in [-0.2, 0) is 140 Å². The Kier molecular flexibility index (Phi) is 49.3. The molecule has 12 radical (unpaired) electrons. The van der Waals surface area contributed by atoms with Crippen molar-refractivity contribution in [3.63, 3.8) is 0 Å². The van der Waals surface area contributed by atoms with Gasteiger partial charge < -0.3 is 69.5 Å². The molecule has 10 nitrogen and oxygen atoms in total. The number of rotatable bonds is 4. The van der Waals surface area contributed by atoms with Gasteiger partial charge in [-0.2, -0.15) is 0 Å². The van der Waals surface area contributed by atoms with Crippen LogP contribution in [0.15, 0.2) is 19.6 Å². The first kappa shape index (κ1) is 51.8. The summed E-state index contributed by atoms with van der Waals surface area (Å²) in [4.78, 5) is 41.5. The van der Waals surface area contributed by atoms with Crippen LogP contribution in [0.3, 0.4) is 0 Å². The minimum absolute atomic E-state index is 0. The SMILES string of the molecule is COC(=O)/C([S-])=C(/[S-])C(=O)OC.COC(=O)/C([S-])=C(/[S-])C(=O)OC.[C-]#[O+].[C-]#[O+].[CH]1[CH][CH][CH][CH]1.[CH]1[CH][CH][CH][CH]1.[Mo+3].[Mo+3]. The summed E-state index contributed by atoms with van der Waals surface area (Å²) in [5, 5.41) is 0. The number of hydrogen-bond acceptors (Lipinski definition) is 12. The van der Waals surface area contributed by atoms with Crippen LogP contribution >= 0.6 is 0 Å². The van der Waals surface area contributed by atoms with Crippen molar-refractivity contribution in [1.82, 2.24) is 0 Å². The predicted molar refractivity (Wildman–Crippen MR) is 142 cm³/mol. The maximum absolute atomic E-state index is 10.7. The molecule has 0 spiro atoms. The molecule has 2 saturated carbocycles. The van der Waals surface area contributed by atoms with Crippen LogP contribution < -0.4 is 0 Å². The first-order chi connectivity index (χ1) is 18.1. The second-order valence-electron chi connectivity index (χ2n) is 5.21. The summed E-state index contributed by atoms with van der Waals surface area (Å²) in [5.41, 5.74) is 0. The van der Waals surface area contributed by atoms with Gasteiger partial charge in [0.25, 0.3) is 0 Å². The van der Waals surface area contributed by atoms with E-state index >= 15 is 0 Å². The maximum atomic E-state index is 10.7. The average Bonchev–Trinajstić information content (AvgIpc) is 3.76. The Balaban J connectivity index is -0.0000000955. The number of esters is 4. The zero-order chi connectivity index (χ0) is 30.5. The molecule has 0 saturated heterocycles. The van der Waals surface area contributed by atoms with E-state index in [-0.39, 0.29) is 61.8 Å². The van der Waals surface area contributed by atoms with E-state index in [9.17, 15) is 19.2 Å². The Hall–Kier alpha value is -0.903. The molecular formula is C24H22Mo2O10S4+2. The molecule has 2 aliphatic rings. The Labute approximate surface area is 287 Å². The molecule has 0 bridgehead atoms. The molecular weight excluding hydrogens is 768 g/mol. The molecule has 2 fully saturated rings. The van der Waals surface area contributed by atoms with Crippen LogP contribution in [0, 0.1) is 77.5 Å². The number of hydrogen-bond donors (Lipinski definition) is 0. The molecule has 2 rings (SSSR count). The molecule has 0 N–H and O–H groups in total. The Morgan fingerprint density at radius 2 is 0.525 bits per heavy atom. The van der Waals surface area contributed by atoms with Gasteiger partial charge in [0.2, 0.25) is 0 Å². The normalized spacial score (nSPS) is 13.0. The molecule has 40 heavy (non-hydrogen) atoms. The molecule has 0 aromatic heterocycles. The molecule has 0 aromatic rings. The molecule has 0 unspecified atom stereocenters. The number of ether oxygens (including phenoxy) is 4. The van der Waals surface area contributed by atoms with E-state index in [1.54, 1.807) is 0 Å². The Morgan fingerprint density at radius 3 is 0.600 bits per heavy atom. The van der Waals surface area contributed by atoms with E-state index < -0.39 is 23.9 Å². The molecule has 212 valence electrons. The topological polar surface area (TPSA) is 145 Å². The fraction of sp³-hybridized carbons (Fsp3) is 0.167. The fourth-order valence-electron chi connectivity index (χ4n) is 1.38. The summed E-state index contributed by atoms with van der Waals surface area (Å²) in [7, 11) is 4.59. The number of carbonyl (C=O) groups excluding carboxylic acids is 4. The third kappa shape index (κ3) is 28.6. The third-order valence-corrected chi connectivity index (χ3v) is 4.75. The Bertz CT molecular complexity index is 679. The van der Waals surface area contributed by atoms with E-state index in [1.165, 1.54) is 0 Å². The second-order valence-corrected chi connectivity index (χ2v) is 6.84. The zero-order valence-corrected chi connectivity index (χ0v) is 28.6. The van der Waals surface area contributed by atoms with E-state index in [0.29, 0.717) is 0 Å². The van der Waals surface area contributed by atoms with E-state index in [0.717, 1.165) is 28.4 Å². The van der Waals surface area contributed by atoms with Crippen molar-refractivity contribution in [1.29, 1.82) is 0 Å². The maximum Gasteiger partial charge on any atom is 3.00 e. The average molecular weight is 791 g/mol. The molecule has 0 amide bonds. The van der Waals surface area contributed by atoms with E-state index in [2.05, 4.69) is 82.8 Å². The van der Waals surface area contributed by atoms with Crippen molar-refractivity contribution in [3.8, 4) is 0 Å². The van der Waals surface area contributed by atoms with Gasteiger partial charge in [0.1, 0.15) is 0 Å². The van der Waals surface area contributed by atoms with Gasteiger partial charge in [-0.05, 0) is 64.2 Å². The van der Waals surface area contributed by atoms with Crippen LogP contribution in [0.2, 0.25) is 0 Å². The zero-order valence-electron chi connectivity index (χ0n) is 21.3. The minimum atomic E-state index is -0.805. The molecule has 2 aliphatic carbocycles. The summed E-state index contributed by atoms with van der Waals surface area (Å²) in [6.07, 6.45) is 20.0. The van der Waals surface area contributed by atoms with Crippen LogP contribution in [0.1, 0.15) is 0 Å². The quantitative estimate of drug-likeness (QED) is 0.0769. The van der Waals surface area contributed by atoms with Crippen molar-refractivity contribution in [2.24, 2.45) is 0 Å². The van der Waals surface area contributed by atoms with Gasteiger partial charge in [0, 0.05) is 0 Å². The smallest absolute Gasteiger partial charge is 0.0312 e. The van der Waals surface area contributed by atoms with Gasteiger partial charge in [0.15, 0.2) is 0 Å². The third-order valence-electron chi connectivity index (χ3n) is 3.01. The molecule has 0 aromatic carbocycles. The second kappa shape index (κ2) is 38.1. The van der Waals surface area contributed by atoms with E-state index in [1.807, 2.05) is 64.2 Å². The predicted octanol–water partition coefficient (Wildman–Crippen LogP) is 1.24. The number of carbonyl (C=O) groups is 4. The monoisotopic (exact) mass is 794 g/mol. The van der Waals surface area contributed by atoms with E-state index in [4.69, 9.17) is 9.30 Å². The van der Waals surface area contributed by atoms with Gasteiger partial charge in [-0.3, -0.25) is 0 Å². The fourth-order valence-corrected chi connectivity index (χ4v) is 2.05. The summed E-state index contributed by atoms with van der Waals surface area (Å²) in [6.45, 7) is 9.00. The van der Waals surface area contributed by atoms with Gasteiger partial charge in [-0.1, -0.05) is 0 Å². The first-order valence-electron chi connectivity index (χ1n) is 9.32. The number of methoxy groups -OCH3 is 4. The van der Waals surface area contributed by atoms with Gasteiger partial charge in [0.05, 0.1) is 28.4 Å². The van der Waals surface area contributed by atoms with Gasteiger partial charge in [-0.25, -0.2) is 19.2 Å². The molecule has 0 heterocycles. The minimum Gasteiger partial charge on any atom is -0.0312 e. The van der Waals surface area contributed by atoms with Crippen molar-refractivity contribution < 1.29 is 89.6 Å². The van der Waals surface area contributed by atoms with Crippen molar-refractivity contribution in [2.45, 2.75) is 0 Å². The van der Waals surface area contributed by atoms with Crippen molar-refractivity contribution >= 4 is 74.4 Å². The standard InChI is InChI=1S/2C6H8O4S2.2C5H5.2CO.2Mo/c2*1-9-5(7)3(11)4(12)6(8)10-2;2*1-2-4-5-3-1;2*1-2;;/h2*11-12H,1-2H3;2*1-5H;;;;/q;;;;;;2*+3/p-4/b2*4-3-;;;;;;. The summed E-state index contributed by atoms with van der Waals surface area (Å²) in [6, 6.07) is 0. The van der Waals surface area contributed by atoms with Gasteiger partial charge >= 0.3 is 88.6 Å². The largest absolute Gasteiger partial charge is 3.00 e. The van der Waals surface area contributed by atoms with Crippen molar-refractivity contribution in [2.75, 3.05) is 28.4 Å². The van der Waals surface area contributed by atoms with Crippen LogP contribution in [-0.4, -0.2) is 52.3 Å². The van der Waals surface area contributed by atoms with Gasteiger partial charge in [-0.15, -0.1) is 19.6 Å². The summed E-state index contributed by atoms with van der Waals surface area (Å²) < 4.78 is 32.0. The summed E-state index contributed by atoms with van der Waals surface area (Å²) in [5.74, 6) is -3.22. The molecule has 0 atom stereocenters.